The quantitative estimate of drug-likeness (QED) is 0.586. The van der Waals surface area contributed by atoms with Gasteiger partial charge in [-0.3, -0.25) is 10.1 Å². The lowest BCUT2D eigenvalue weighted by atomic mass is 10.2. The van der Waals surface area contributed by atoms with E-state index in [-0.39, 0.29) is 5.69 Å². The van der Waals surface area contributed by atoms with Gasteiger partial charge in [0, 0.05) is 42.0 Å². The molecule has 0 bridgehead atoms. The Morgan fingerprint density at radius 2 is 2.04 bits per heavy atom. The van der Waals surface area contributed by atoms with Crippen LogP contribution in [-0.2, 0) is 4.74 Å². The number of nitrogens with zero attached hydrogens (tertiary/aromatic N) is 4. The average molecular weight is 325 g/mol. The second-order valence-corrected chi connectivity index (χ2v) is 5.57. The van der Waals surface area contributed by atoms with Crippen molar-refractivity contribution in [3.63, 3.8) is 0 Å². The minimum atomic E-state index is -0.442. The van der Waals surface area contributed by atoms with Gasteiger partial charge in [0.2, 0.25) is 0 Å². The van der Waals surface area contributed by atoms with E-state index in [1.165, 1.54) is 12.3 Å². The van der Waals surface area contributed by atoms with E-state index < -0.39 is 4.92 Å². The maximum absolute atomic E-state index is 10.9. The fourth-order valence-corrected chi connectivity index (χ4v) is 2.81. The summed E-state index contributed by atoms with van der Waals surface area (Å²) in [5, 5.41) is 11.6. The van der Waals surface area contributed by atoms with Crippen LogP contribution in [0.4, 0.5) is 11.5 Å². The summed E-state index contributed by atoms with van der Waals surface area (Å²) < 4.78 is 5.37. The summed E-state index contributed by atoms with van der Waals surface area (Å²) in [6, 6.07) is 7.30. The Hall–Kier alpha value is -3.00. The smallest absolute Gasteiger partial charge is 0.288 e. The van der Waals surface area contributed by atoms with E-state index in [4.69, 9.17) is 4.74 Å². The first kappa shape index (κ1) is 14.6. The van der Waals surface area contributed by atoms with E-state index >= 15 is 0 Å². The van der Waals surface area contributed by atoms with Gasteiger partial charge in [0.25, 0.3) is 5.69 Å². The van der Waals surface area contributed by atoms with Gasteiger partial charge in [-0.2, -0.15) is 0 Å². The molecule has 8 nitrogen and oxygen atoms in total. The third kappa shape index (κ3) is 2.67. The second-order valence-electron chi connectivity index (χ2n) is 5.57. The predicted octanol–water partition coefficient (Wildman–Crippen LogP) is 2.37. The monoisotopic (exact) mass is 325 g/mol. The molecular formula is C16H15N5O3. The third-order valence-corrected chi connectivity index (χ3v) is 4.06. The molecule has 0 radical (unpaired) electrons. The summed E-state index contributed by atoms with van der Waals surface area (Å²) >= 11 is 0. The molecule has 0 spiro atoms. The molecule has 0 saturated carbocycles. The van der Waals surface area contributed by atoms with Crippen molar-refractivity contribution in [2.45, 2.75) is 0 Å². The molecule has 8 heteroatoms. The van der Waals surface area contributed by atoms with Crippen LogP contribution < -0.4 is 4.90 Å². The zero-order chi connectivity index (χ0) is 16.5. The topological polar surface area (TPSA) is 97.2 Å². The van der Waals surface area contributed by atoms with Crippen LogP contribution in [0, 0.1) is 10.1 Å². The number of aromatic amines is 1. The number of aromatic nitrogens is 3. The number of nitrogens with one attached hydrogen (secondary N) is 1. The van der Waals surface area contributed by atoms with Crippen molar-refractivity contribution in [2.24, 2.45) is 0 Å². The van der Waals surface area contributed by atoms with E-state index in [1.807, 2.05) is 18.2 Å². The summed E-state index contributed by atoms with van der Waals surface area (Å²) in [6.07, 6.45) is 3.02. The molecule has 0 atom stereocenters. The van der Waals surface area contributed by atoms with Gasteiger partial charge in [-0.1, -0.05) is 0 Å². The molecule has 0 aliphatic carbocycles. The standard InChI is InChI=1S/C16H15N5O3/c22-21(23)13-7-12-8-14(19-16(12)18-10-13)11-1-2-17-15(9-11)20-3-5-24-6-4-20/h1-2,7-10H,3-6H2,(H,18,19). The van der Waals surface area contributed by atoms with Gasteiger partial charge in [0.15, 0.2) is 0 Å². The first-order valence-corrected chi connectivity index (χ1v) is 7.63. The van der Waals surface area contributed by atoms with Crippen molar-refractivity contribution >= 4 is 22.5 Å². The number of morpholine rings is 1. The first-order chi connectivity index (χ1) is 11.7. The Kier molecular flexibility index (Phi) is 3.58. The Bertz CT molecular complexity index is 902. The lowest BCUT2D eigenvalue weighted by molar-refractivity contribution is -0.385. The van der Waals surface area contributed by atoms with E-state index in [0.717, 1.165) is 30.2 Å². The van der Waals surface area contributed by atoms with Crippen molar-refractivity contribution in [1.82, 2.24) is 15.0 Å². The number of nitro groups is 1. The molecule has 24 heavy (non-hydrogen) atoms. The van der Waals surface area contributed by atoms with Crippen LogP contribution >= 0.6 is 0 Å². The van der Waals surface area contributed by atoms with Crippen molar-refractivity contribution in [3.05, 3.63) is 46.8 Å². The number of pyridine rings is 2. The molecule has 0 amide bonds. The maximum Gasteiger partial charge on any atom is 0.288 e. The van der Waals surface area contributed by atoms with Crippen LogP contribution in [0.1, 0.15) is 0 Å². The number of rotatable bonds is 3. The Labute approximate surface area is 137 Å². The van der Waals surface area contributed by atoms with Gasteiger partial charge >= 0.3 is 0 Å². The van der Waals surface area contributed by atoms with Gasteiger partial charge in [-0.15, -0.1) is 0 Å². The molecule has 3 aromatic rings. The molecular weight excluding hydrogens is 310 g/mol. The maximum atomic E-state index is 10.9. The lowest BCUT2D eigenvalue weighted by Gasteiger charge is -2.27. The fourth-order valence-electron chi connectivity index (χ4n) is 2.81. The highest BCUT2D eigenvalue weighted by Gasteiger charge is 2.14. The molecule has 122 valence electrons. The van der Waals surface area contributed by atoms with Gasteiger partial charge in [-0.25, -0.2) is 9.97 Å². The normalized spacial score (nSPS) is 14.9. The van der Waals surface area contributed by atoms with E-state index in [2.05, 4.69) is 19.9 Å². The van der Waals surface area contributed by atoms with Gasteiger partial charge in [-0.05, 0) is 18.2 Å². The van der Waals surface area contributed by atoms with Crippen LogP contribution in [0.2, 0.25) is 0 Å². The number of hydrogen-bond donors (Lipinski definition) is 1. The molecule has 1 saturated heterocycles. The minimum absolute atomic E-state index is 0.0169. The zero-order valence-corrected chi connectivity index (χ0v) is 12.8. The highest BCUT2D eigenvalue weighted by molar-refractivity contribution is 5.84. The van der Waals surface area contributed by atoms with E-state index in [9.17, 15) is 10.1 Å². The summed E-state index contributed by atoms with van der Waals surface area (Å²) in [6.45, 7) is 3.03. The van der Waals surface area contributed by atoms with Gasteiger partial charge < -0.3 is 14.6 Å². The molecule has 0 unspecified atom stereocenters. The number of H-pyrrole nitrogens is 1. The zero-order valence-electron chi connectivity index (χ0n) is 12.8. The predicted molar refractivity (Wildman–Crippen MR) is 89.0 cm³/mol. The van der Waals surface area contributed by atoms with E-state index in [1.54, 1.807) is 6.20 Å². The largest absolute Gasteiger partial charge is 0.378 e. The van der Waals surface area contributed by atoms with Crippen molar-refractivity contribution in [1.29, 1.82) is 0 Å². The molecule has 4 rings (SSSR count). The molecule has 1 fully saturated rings. The second kappa shape index (κ2) is 5.89. The molecule has 0 aromatic carbocycles. The summed E-state index contributed by atoms with van der Waals surface area (Å²) in [5.41, 5.74) is 2.43. The van der Waals surface area contributed by atoms with Gasteiger partial charge in [0.1, 0.15) is 17.7 Å². The Balaban J connectivity index is 1.70. The summed E-state index contributed by atoms with van der Waals surface area (Å²) in [4.78, 5) is 24.4. The minimum Gasteiger partial charge on any atom is -0.378 e. The summed E-state index contributed by atoms with van der Waals surface area (Å²) in [5.74, 6) is 0.897. The van der Waals surface area contributed by atoms with Crippen LogP contribution in [0.3, 0.4) is 0 Å². The van der Waals surface area contributed by atoms with Gasteiger partial charge in [0.05, 0.1) is 18.1 Å². The lowest BCUT2D eigenvalue weighted by Crippen LogP contribution is -2.36. The van der Waals surface area contributed by atoms with Crippen LogP contribution in [-0.4, -0.2) is 46.2 Å². The van der Waals surface area contributed by atoms with Crippen LogP contribution in [0.25, 0.3) is 22.3 Å². The molecule has 4 heterocycles. The number of fused-ring (bicyclic) bond motifs is 1. The average Bonchev–Trinajstić information content (AvgIpc) is 3.06. The number of hydrogen-bond acceptors (Lipinski definition) is 6. The third-order valence-electron chi connectivity index (χ3n) is 4.06. The van der Waals surface area contributed by atoms with Crippen LogP contribution in [0.15, 0.2) is 36.7 Å². The highest BCUT2D eigenvalue weighted by Crippen LogP contribution is 2.27. The van der Waals surface area contributed by atoms with Crippen molar-refractivity contribution < 1.29 is 9.66 Å². The SMILES string of the molecule is O=[N+]([O-])c1cnc2[nH]c(-c3ccnc(N4CCOCC4)c3)cc2c1. The van der Waals surface area contributed by atoms with Crippen LogP contribution in [0.5, 0.6) is 0 Å². The Morgan fingerprint density at radius 1 is 1.21 bits per heavy atom. The first-order valence-electron chi connectivity index (χ1n) is 7.63. The fraction of sp³-hybridized carbons (Fsp3) is 0.250. The summed E-state index contributed by atoms with van der Waals surface area (Å²) in [7, 11) is 0. The highest BCUT2D eigenvalue weighted by atomic mass is 16.6. The number of anilines is 1. The molecule has 1 N–H and O–H groups in total. The van der Waals surface area contributed by atoms with Crippen molar-refractivity contribution in [3.8, 4) is 11.3 Å². The Morgan fingerprint density at radius 3 is 2.83 bits per heavy atom. The molecule has 1 aliphatic rings. The molecule has 1 aliphatic heterocycles. The van der Waals surface area contributed by atoms with Crippen molar-refractivity contribution in [2.75, 3.05) is 31.2 Å². The van der Waals surface area contributed by atoms with E-state index in [0.29, 0.717) is 24.2 Å². The number of ether oxygens (including phenoxy) is 1. The molecule has 3 aromatic heterocycles.